The largest absolute Gasteiger partial charge is 0.304 e. The number of nitrogens with zero attached hydrogens (tertiary/aromatic N) is 2. The molecule has 4 rings (SSSR count). The number of aliphatic imine (C=N–C) groups is 1. The third-order valence-corrected chi connectivity index (χ3v) is 4.47. The van der Waals surface area contributed by atoms with Crippen LogP contribution in [0.5, 0.6) is 0 Å². The highest BCUT2D eigenvalue weighted by atomic mass is 16.2. The number of carbonyl (C=O) groups is 1. The molecule has 0 aliphatic carbocycles. The minimum absolute atomic E-state index is 0.202. The van der Waals surface area contributed by atoms with Crippen LogP contribution in [-0.2, 0) is 11.3 Å². The van der Waals surface area contributed by atoms with E-state index in [9.17, 15) is 4.79 Å². The van der Waals surface area contributed by atoms with Gasteiger partial charge < -0.3 is 10.6 Å². The lowest BCUT2D eigenvalue weighted by Crippen LogP contribution is -2.41. The van der Waals surface area contributed by atoms with E-state index in [4.69, 9.17) is 5.73 Å². The van der Waals surface area contributed by atoms with E-state index in [1.54, 1.807) is 4.90 Å². The van der Waals surface area contributed by atoms with Gasteiger partial charge in [-0.25, -0.2) is 0 Å². The van der Waals surface area contributed by atoms with Crippen molar-refractivity contribution in [1.29, 1.82) is 0 Å². The SMILES string of the molecule is NC1N=C(c2ccccc2)c2ccccc2N(Cc2ccccc2)C1=O. The van der Waals surface area contributed by atoms with Crippen LogP contribution in [0, 0.1) is 0 Å². The molecule has 0 fully saturated rings. The summed E-state index contributed by atoms with van der Waals surface area (Å²) in [5, 5.41) is 0. The van der Waals surface area contributed by atoms with Gasteiger partial charge in [0.05, 0.1) is 17.9 Å². The standard InChI is InChI=1S/C22H19N3O/c23-21-22(26)25(15-16-9-3-1-4-10-16)19-14-8-7-13-18(19)20(24-21)17-11-5-2-6-12-17/h1-14,21H,15,23H2. The Balaban J connectivity index is 1.84. The Morgan fingerprint density at radius 3 is 2.19 bits per heavy atom. The average molecular weight is 341 g/mol. The number of anilines is 1. The molecule has 0 radical (unpaired) electrons. The molecule has 4 heteroatoms. The lowest BCUT2D eigenvalue weighted by atomic mass is 10.00. The number of hydrogen-bond acceptors (Lipinski definition) is 3. The number of carbonyl (C=O) groups excluding carboxylic acids is 1. The van der Waals surface area contributed by atoms with Crippen LogP contribution in [0.1, 0.15) is 16.7 Å². The second kappa shape index (κ2) is 6.94. The summed E-state index contributed by atoms with van der Waals surface area (Å²) in [4.78, 5) is 19.3. The molecule has 128 valence electrons. The third-order valence-electron chi connectivity index (χ3n) is 4.47. The number of hydrogen-bond donors (Lipinski definition) is 1. The summed E-state index contributed by atoms with van der Waals surface area (Å²) in [6.07, 6.45) is -0.929. The number of fused-ring (bicyclic) bond motifs is 1. The Labute approximate surface area is 152 Å². The number of rotatable bonds is 3. The number of nitrogens with two attached hydrogens (primary N) is 1. The van der Waals surface area contributed by atoms with Gasteiger partial charge in [-0.05, 0) is 11.6 Å². The number of para-hydroxylation sites is 1. The van der Waals surface area contributed by atoms with E-state index in [1.807, 2.05) is 84.9 Å². The van der Waals surface area contributed by atoms with Gasteiger partial charge in [-0.3, -0.25) is 9.79 Å². The monoisotopic (exact) mass is 341 g/mol. The first-order chi connectivity index (χ1) is 12.7. The van der Waals surface area contributed by atoms with Gasteiger partial charge in [0.2, 0.25) is 0 Å². The molecule has 3 aromatic carbocycles. The van der Waals surface area contributed by atoms with Crippen LogP contribution in [-0.4, -0.2) is 17.8 Å². The molecule has 0 saturated heterocycles. The summed E-state index contributed by atoms with van der Waals surface area (Å²) in [5.41, 5.74) is 10.6. The van der Waals surface area contributed by atoms with Gasteiger partial charge in [0.15, 0.2) is 6.17 Å². The minimum atomic E-state index is -0.929. The predicted octanol–water partition coefficient (Wildman–Crippen LogP) is 3.36. The maximum Gasteiger partial charge on any atom is 0.266 e. The summed E-state index contributed by atoms with van der Waals surface area (Å²) < 4.78 is 0. The molecule has 1 aliphatic heterocycles. The molecular formula is C22H19N3O. The van der Waals surface area contributed by atoms with Gasteiger partial charge in [-0.2, -0.15) is 0 Å². The maximum absolute atomic E-state index is 13.0. The minimum Gasteiger partial charge on any atom is -0.304 e. The van der Waals surface area contributed by atoms with Gasteiger partial charge in [0, 0.05) is 11.1 Å². The molecule has 3 aromatic rings. The summed E-state index contributed by atoms with van der Waals surface area (Å²) in [7, 11) is 0. The molecular weight excluding hydrogens is 322 g/mol. The third kappa shape index (κ3) is 3.03. The van der Waals surface area contributed by atoms with E-state index in [2.05, 4.69) is 4.99 Å². The van der Waals surface area contributed by atoms with Crippen molar-refractivity contribution in [3.05, 3.63) is 102 Å². The molecule has 0 aromatic heterocycles. The molecule has 26 heavy (non-hydrogen) atoms. The Morgan fingerprint density at radius 1 is 0.846 bits per heavy atom. The summed E-state index contributed by atoms with van der Waals surface area (Å²) in [6.45, 7) is 0.460. The highest BCUT2D eigenvalue weighted by Crippen LogP contribution is 2.29. The molecule has 0 spiro atoms. The van der Waals surface area contributed by atoms with Crippen molar-refractivity contribution in [3.8, 4) is 0 Å². The van der Waals surface area contributed by atoms with Gasteiger partial charge >= 0.3 is 0 Å². The zero-order valence-electron chi connectivity index (χ0n) is 14.2. The number of benzene rings is 3. The van der Waals surface area contributed by atoms with Gasteiger partial charge in [-0.15, -0.1) is 0 Å². The highest BCUT2D eigenvalue weighted by Gasteiger charge is 2.29. The second-order valence-electron chi connectivity index (χ2n) is 6.22. The molecule has 4 nitrogen and oxygen atoms in total. The van der Waals surface area contributed by atoms with Crippen molar-refractivity contribution in [3.63, 3.8) is 0 Å². The van der Waals surface area contributed by atoms with Crippen LogP contribution in [0.4, 0.5) is 5.69 Å². The van der Waals surface area contributed by atoms with Gasteiger partial charge in [0.25, 0.3) is 5.91 Å². The fourth-order valence-corrected chi connectivity index (χ4v) is 3.21. The smallest absolute Gasteiger partial charge is 0.266 e. The van der Waals surface area contributed by atoms with Crippen molar-refractivity contribution in [1.82, 2.24) is 0 Å². The Morgan fingerprint density at radius 2 is 1.46 bits per heavy atom. The molecule has 1 atom stereocenters. The molecule has 2 N–H and O–H groups in total. The van der Waals surface area contributed by atoms with Crippen molar-refractivity contribution in [2.24, 2.45) is 10.7 Å². The van der Waals surface area contributed by atoms with Gasteiger partial charge in [-0.1, -0.05) is 78.9 Å². The predicted molar refractivity (Wildman–Crippen MR) is 104 cm³/mol. The Kier molecular flexibility index (Phi) is 4.33. The van der Waals surface area contributed by atoms with E-state index in [-0.39, 0.29) is 5.91 Å². The van der Waals surface area contributed by atoms with E-state index in [0.29, 0.717) is 6.54 Å². The first kappa shape index (κ1) is 16.2. The van der Waals surface area contributed by atoms with Crippen LogP contribution in [0.15, 0.2) is 89.9 Å². The van der Waals surface area contributed by atoms with Crippen LogP contribution < -0.4 is 10.6 Å². The topological polar surface area (TPSA) is 58.7 Å². The Hall–Kier alpha value is -3.24. The fourth-order valence-electron chi connectivity index (χ4n) is 3.21. The van der Waals surface area contributed by atoms with Crippen molar-refractivity contribution >= 4 is 17.3 Å². The van der Waals surface area contributed by atoms with Crippen LogP contribution >= 0.6 is 0 Å². The van der Waals surface area contributed by atoms with Crippen LogP contribution in [0.25, 0.3) is 0 Å². The second-order valence-corrected chi connectivity index (χ2v) is 6.22. The van der Waals surface area contributed by atoms with Crippen LogP contribution in [0.3, 0.4) is 0 Å². The molecule has 0 bridgehead atoms. The zero-order valence-corrected chi connectivity index (χ0v) is 14.2. The van der Waals surface area contributed by atoms with E-state index in [0.717, 1.165) is 28.1 Å². The fraction of sp³-hybridized carbons (Fsp3) is 0.0909. The summed E-state index contributed by atoms with van der Waals surface area (Å²) >= 11 is 0. The van der Waals surface area contributed by atoms with Crippen molar-refractivity contribution in [2.45, 2.75) is 12.7 Å². The summed E-state index contributed by atoms with van der Waals surface area (Å²) in [6, 6.07) is 27.6. The number of amides is 1. The normalized spacial score (nSPS) is 16.7. The summed E-state index contributed by atoms with van der Waals surface area (Å²) in [5.74, 6) is -0.202. The highest BCUT2D eigenvalue weighted by molar-refractivity contribution is 6.20. The van der Waals surface area contributed by atoms with E-state index >= 15 is 0 Å². The molecule has 1 amide bonds. The zero-order chi connectivity index (χ0) is 17.9. The van der Waals surface area contributed by atoms with Gasteiger partial charge in [0.1, 0.15) is 0 Å². The van der Waals surface area contributed by atoms with E-state index in [1.165, 1.54) is 0 Å². The quantitative estimate of drug-likeness (QED) is 0.794. The lowest BCUT2D eigenvalue weighted by molar-refractivity contribution is -0.119. The maximum atomic E-state index is 13.0. The number of benzodiazepines with no additional fused rings is 1. The molecule has 1 heterocycles. The van der Waals surface area contributed by atoms with E-state index < -0.39 is 6.17 Å². The molecule has 1 aliphatic rings. The van der Waals surface area contributed by atoms with Crippen molar-refractivity contribution < 1.29 is 4.79 Å². The lowest BCUT2D eigenvalue weighted by Gasteiger charge is -2.24. The van der Waals surface area contributed by atoms with Crippen molar-refractivity contribution in [2.75, 3.05) is 4.90 Å². The first-order valence-corrected chi connectivity index (χ1v) is 8.57. The first-order valence-electron chi connectivity index (χ1n) is 8.57. The Bertz CT molecular complexity index is 951. The molecule has 0 saturated carbocycles. The average Bonchev–Trinajstić information content (AvgIpc) is 2.80. The molecule has 1 unspecified atom stereocenters. The van der Waals surface area contributed by atoms with Crippen LogP contribution in [0.2, 0.25) is 0 Å².